The topological polar surface area (TPSA) is 42.1 Å². The van der Waals surface area contributed by atoms with Crippen LogP contribution in [0.1, 0.15) is 24.8 Å². The van der Waals surface area contributed by atoms with Gasteiger partial charge < -0.3 is 10.6 Å². The van der Waals surface area contributed by atoms with Crippen LogP contribution in [-0.4, -0.2) is 24.1 Å². The van der Waals surface area contributed by atoms with Crippen molar-refractivity contribution in [1.29, 1.82) is 0 Å². The van der Waals surface area contributed by atoms with E-state index in [4.69, 9.17) is 5.73 Å². The van der Waals surface area contributed by atoms with E-state index < -0.39 is 11.7 Å². The number of rotatable bonds is 2. The number of fused-ring (bicyclic) bond motifs is 1. The van der Waals surface area contributed by atoms with Gasteiger partial charge in [-0.2, -0.15) is 13.2 Å². The molecule has 1 saturated carbocycles. The van der Waals surface area contributed by atoms with Gasteiger partial charge in [-0.15, -0.1) is 0 Å². The number of nitrogens with zero attached hydrogens (tertiary/aromatic N) is 2. The normalized spacial score (nSPS) is 25.2. The highest BCUT2D eigenvalue weighted by Crippen LogP contribution is 2.43. The maximum absolute atomic E-state index is 13.3. The fraction of sp³-hybridized carbons (Fsp3) is 0.500. The van der Waals surface area contributed by atoms with Gasteiger partial charge >= 0.3 is 6.18 Å². The van der Waals surface area contributed by atoms with Crippen molar-refractivity contribution in [2.75, 3.05) is 18.0 Å². The molecule has 2 atom stereocenters. The largest absolute Gasteiger partial charge is 0.418 e. The zero-order valence-electron chi connectivity index (χ0n) is 13.3. The molecule has 2 N–H and O–H groups in total. The van der Waals surface area contributed by atoms with E-state index >= 15 is 0 Å². The van der Waals surface area contributed by atoms with E-state index in [-0.39, 0.29) is 11.6 Å². The van der Waals surface area contributed by atoms with Gasteiger partial charge in [-0.1, -0.05) is 0 Å². The molecule has 3 nitrogen and oxygen atoms in total. The molecule has 0 bridgehead atoms. The highest BCUT2D eigenvalue weighted by Gasteiger charge is 2.38. The summed E-state index contributed by atoms with van der Waals surface area (Å²) in [5.41, 5.74) is 6.38. The number of aromatic nitrogens is 1. The summed E-state index contributed by atoms with van der Waals surface area (Å²) in [4.78, 5) is 6.16. The Morgan fingerprint density at radius 3 is 2.58 bits per heavy atom. The van der Waals surface area contributed by atoms with E-state index in [0.29, 0.717) is 17.8 Å². The average molecular weight is 335 g/mol. The Bertz CT molecular complexity index is 755. The highest BCUT2D eigenvalue weighted by molar-refractivity contribution is 5.94. The van der Waals surface area contributed by atoms with Crippen LogP contribution < -0.4 is 10.6 Å². The monoisotopic (exact) mass is 335 g/mol. The number of benzene rings is 1. The van der Waals surface area contributed by atoms with Crippen molar-refractivity contribution in [3.8, 4) is 0 Å². The van der Waals surface area contributed by atoms with Gasteiger partial charge in [-0.25, -0.2) is 0 Å². The number of hydrogen-bond donors (Lipinski definition) is 1. The van der Waals surface area contributed by atoms with Gasteiger partial charge in [0.25, 0.3) is 0 Å². The van der Waals surface area contributed by atoms with Crippen LogP contribution in [0, 0.1) is 11.8 Å². The van der Waals surface area contributed by atoms with E-state index in [2.05, 4.69) is 9.88 Å². The predicted octanol–water partition coefficient (Wildman–Crippen LogP) is 3.82. The molecule has 0 unspecified atom stereocenters. The molecule has 2 fully saturated rings. The second-order valence-electron chi connectivity index (χ2n) is 7.03. The number of halogens is 3. The minimum absolute atomic E-state index is 0.0182. The van der Waals surface area contributed by atoms with E-state index in [1.54, 1.807) is 18.2 Å². The van der Waals surface area contributed by atoms with Crippen LogP contribution in [0.25, 0.3) is 10.9 Å². The van der Waals surface area contributed by atoms with Crippen LogP contribution in [0.4, 0.5) is 18.9 Å². The summed E-state index contributed by atoms with van der Waals surface area (Å²) in [6, 6.07) is 6.21. The average Bonchev–Trinajstić information content (AvgIpc) is 3.37. The SMILES string of the molecule is N[C@@H]1C[C@H](C2CC2)CN(c2ccc(C(F)(F)F)c3ncccc23)C1. The van der Waals surface area contributed by atoms with Gasteiger partial charge in [0.15, 0.2) is 0 Å². The smallest absolute Gasteiger partial charge is 0.369 e. The standard InChI is InChI=1S/C18H20F3N3/c19-18(20,21)15-5-6-16(14-2-1-7-23-17(14)15)24-9-12(11-3-4-11)8-13(22)10-24/h1-2,5-7,11-13H,3-4,8-10,22H2/t12-,13+/m0/s1. The van der Waals surface area contributed by atoms with Crippen molar-refractivity contribution in [3.63, 3.8) is 0 Å². The lowest BCUT2D eigenvalue weighted by molar-refractivity contribution is -0.136. The molecule has 0 spiro atoms. The summed E-state index contributed by atoms with van der Waals surface area (Å²) in [6.45, 7) is 1.55. The Kier molecular flexibility index (Phi) is 3.67. The molecule has 1 aromatic heterocycles. The van der Waals surface area contributed by atoms with Crippen molar-refractivity contribution in [2.45, 2.75) is 31.5 Å². The molecule has 2 heterocycles. The third-order valence-electron chi connectivity index (χ3n) is 5.20. The Balaban J connectivity index is 1.76. The maximum Gasteiger partial charge on any atom is 0.418 e. The summed E-state index contributed by atoms with van der Waals surface area (Å²) < 4.78 is 39.8. The summed E-state index contributed by atoms with van der Waals surface area (Å²) >= 11 is 0. The van der Waals surface area contributed by atoms with Gasteiger partial charge in [-0.05, 0) is 55.4 Å². The Labute approximate surface area is 138 Å². The molecule has 2 aliphatic rings. The summed E-state index contributed by atoms with van der Waals surface area (Å²) in [7, 11) is 0. The van der Waals surface area contributed by atoms with Crippen molar-refractivity contribution < 1.29 is 13.2 Å². The van der Waals surface area contributed by atoms with E-state index in [9.17, 15) is 13.2 Å². The first-order valence-corrected chi connectivity index (χ1v) is 8.39. The quantitative estimate of drug-likeness (QED) is 0.907. The second-order valence-corrected chi connectivity index (χ2v) is 7.03. The molecule has 6 heteroatoms. The molecular weight excluding hydrogens is 315 g/mol. The first kappa shape index (κ1) is 15.7. The molecule has 4 rings (SSSR count). The molecule has 1 aliphatic heterocycles. The lowest BCUT2D eigenvalue weighted by Gasteiger charge is -2.38. The van der Waals surface area contributed by atoms with Crippen molar-refractivity contribution in [2.24, 2.45) is 17.6 Å². The van der Waals surface area contributed by atoms with Crippen LogP contribution in [0.5, 0.6) is 0 Å². The minimum atomic E-state index is -4.40. The van der Waals surface area contributed by atoms with Crippen molar-refractivity contribution in [1.82, 2.24) is 4.98 Å². The molecule has 1 aliphatic carbocycles. The minimum Gasteiger partial charge on any atom is -0.369 e. The molecule has 2 aromatic rings. The van der Waals surface area contributed by atoms with Gasteiger partial charge in [-0.3, -0.25) is 4.98 Å². The summed E-state index contributed by atoms with van der Waals surface area (Å²) in [5, 5.41) is 0.552. The van der Waals surface area contributed by atoms with E-state index in [1.807, 2.05) is 0 Å². The third kappa shape index (κ3) is 2.83. The molecular formula is C18H20F3N3. The first-order valence-electron chi connectivity index (χ1n) is 8.39. The van der Waals surface area contributed by atoms with Gasteiger partial charge in [0.1, 0.15) is 0 Å². The summed E-state index contributed by atoms with van der Waals surface area (Å²) in [5.74, 6) is 1.28. The van der Waals surface area contributed by atoms with Crippen LogP contribution in [0.3, 0.4) is 0 Å². The maximum atomic E-state index is 13.3. The number of alkyl halides is 3. The van der Waals surface area contributed by atoms with Crippen LogP contribution in [0.15, 0.2) is 30.5 Å². The molecule has 24 heavy (non-hydrogen) atoms. The fourth-order valence-corrected chi connectivity index (χ4v) is 3.95. The van der Waals surface area contributed by atoms with E-state index in [1.165, 1.54) is 19.0 Å². The molecule has 0 radical (unpaired) electrons. The Morgan fingerprint density at radius 1 is 1.08 bits per heavy atom. The Hall–Kier alpha value is -1.82. The summed E-state index contributed by atoms with van der Waals surface area (Å²) in [6.07, 6.45) is 0.523. The second kappa shape index (κ2) is 5.62. The van der Waals surface area contributed by atoms with Crippen LogP contribution >= 0.6 is 0 Å². The van der Waals surface area contributed by atoms with Gasteiger partial charge in [0, 0.05) is 36.4 Å². The molecule has 1 saturated heterocycles. The number of anilines is 1. The van der Waals surface area contributed by atoms with E-state index in [0.717, 1.165) is 30.6 Å². The van der Waals surface area contributed by atoms with Crippen LogP contribution in [0.2, 0.25) is 0 Å². The molecule has 0 amide bonds. The zero-order chi connectivity index (χ0) is 16.9. The number of nitrogens with two attached hydrogens (primary N) is 1. The predicted molar refractivity (Wildman–Crippen MR) is 87.8 cm³/mol. The van der Waals surface area contributed by atoms with Crippen molar-refractivity contribution in [3.05, 3.63) is 36.0 Å². The number of piperidine rings is 1. The molecule has 1 aromatic carbocycles. The molecule has 128 valence electrons. The number of pyridine rings is 1. The number of hydrogen-bond acceptors (Lipinski definition) is 3. The third-order valence-corrected chi connectivity index (χ3v) is 5.20. The van der Waals surface area contributed by atoms with Crippen molar-refractivity contribution >= 4 is 16.6 Å². The van der Waals surface area contributed by atoms with Gasteiger partial charge in [0.05, 0.1) is 11.1 Å². The van der Waals surface area contributed by atoms with Gasteiger partial charge in [0.2, 0.25) is 0 Å². The van der Waals surface area contributed by atoms with Crippen LogP contribution in [-0.2, 0) is 6.18 Å². The highest BCUT2D eigenvalue weighted by atomic mass is 19.4. The lowest BCUT2D eigenvalue weighted by Crippen LogP contribution is -2.47. The Morgan fingerprint density at radius 2 is 1.88 bits per heavy atom. The zero-order valence-corrected chi connectivity index (χ0v) is 13.3. The lowest BCUT2D eigenvalue weighted by atomic mass is 9.90. The first-order chi connectivity index (χ1) is 11.4. The fourth-order valence-electron chi connectivity index (χ4n) is 3.95.